The minimum Gasteiger partial charge on any atom is -0.352 e. The van der Waals surface area contributed by atoms with Crippen molar-refractivity contribution >= 4 is 33.3 Å². The minimum atomic E-state index is 0.295. The van der Waals surface area contributed by atoms with Gasteiger partial charge in [-0.05, 0) is 44.1 Å². The van der Waals surface area contributed by atoms with E-state index in [4.69, 9.17) is 9.97 Å². The SMILES string of the molecule is CCCC(=O)N1CCN(c2nc([C@H](C)CC)nc3sc4c(c23)CCCC4)CC1. The van der Waals surface area contributed by atoms with E-state index >= 15 is 0 Å². The molecule has 2 aliphatic rings. The van der Waals surface area contributed by atoms with Gasteiger partial charge in [-0.1, -0.05) is 20.8 Å². The smallest absolute Gasteiger partial charge is 0.222 e. The number of carbonyl (C=O) groups excluding carboxylic acids is 1. The molecule has 0 unspecified atom stereocenters. The number of carbonyl (C=O) groups is 1. The number of thiophene rings is 1. The summed E-state index contributed by atoms with van der Waals surface area (Å²) in [5.41, 5.74) is 1.50. The van der Waals surface area contributed by atoms with Crippen molar-refractivity contribution in [2.45, 2.75) is 71.6 Å². The fourth-order valence-corrected chi connectivity index (χ4v) is 5.59. The zero-order valence-corrected chi connectivity index (χ0v) is 18.3. The molecular weight excluding hydrogens is 368 g/mol. The van der Waals surface area contributed by atoms with Crippen LogP contribution in [0.4, 0.5) is 5.82 Å². The normalized spacial score (nSPS) is 18.4. The maximum Gasteiger partial charge on any atom is 0.222 e. The number of hydrogen-bond acceptors (Lipinski definition) is 5. The molecule has 152 valence electrons. The van der Waals surface area contributed by atoms with Gasteiger partial charge < -0.3 is 9.80 Å². The van der Waals surface area contributed by atoms with E-state index in [1.165, 1.54) is 39.9 Å². The van der Waals surface area contributed by atoms with Crippen LogP contribution in [0, 0.1) is 0 Å². The summed E-state index contributed by atoms with van der Waals surface area (Å²) in [5.74, 6) is 2.77. The molecule has 28 heavy (non-hydrogen) atoms. The van der Waals surface area contributed by atoms with E-state index < -0.39 is 0 Å². The minimum absolute atomic E-state index is 0.295. The average molecular weight is 401 g/mol. The first kappa shape index (κ1) is 19.6. The highest BCUT2D eigenvalue weighted by Crippen LogP contribution is 2.40. The average Bonchev–Trinajstić information content (AvgIpc) is 3.11. The number of anilines is 1. The summed E-state index contributed by atoms with van der Waals surface area (Å²) >= 11 is 1.89. The maximum absolute atomic E-state index is 12.3. The highest BCUT2D eigenvalue weighted by molar-refractivity contribution is 7.19. The summed E-state index contributed by atoms with van der Waals surface area (Å²) in [5, 5.41) is 1.31. The molecule has 2 aromatic rings. The molecule has 0 radical (unpaired) electrons. The highest BCUT2D eigenvalue weighted by Gasteiger charge is 2.27. The highest BCUT2D eigenvalue weighted by atomic mass is 32.1. The van der Waals surface area contributed by atoms with Crippen LogP contribution < -0.4 is 4.90 Å². The van der Waals surface area contributed by atoms with Crippen molar-refractivity contribution in [3.63, 3.8) is 0 Å². The molecule has 0 spiro atoms. The number of piperazine rings is 1. The van der Waals surface area contributed by atoms with Crippen molar-refractivity contribution in [1.29, 1.82) is 0 Å². The van der Waals surface area contributed by atoms with E-state index in [1.54, 1.807) is 0 Å². The molecule has 1 atom stereocenters. The number of aryl methyl sites for hydroxylation is 2. The van der Waals surface area contributed by atoms with Crippen LogP contribution in [0.15, 0.2) is 0 Å². The molecule has 6 heteroatoms. The van der Waals surface area contributed by atoms with Crippen LogP contribution in [-0.2, 0) is 17.6 Å². The van der Waals surface area contributed by atoms with Gasteiger partial charge in [0, 0.05) is 43.4 Å². The van der Waals surface area contributed by atoms with E-state index in [0.717, 1.165) is 57.1 Å². The third-order valence-corrected chi connectivity index (χ3v) is 7.45. The lowest BCUT2D eigenvalue weighted by molar-refractivity contribution is -0.131. The van der Waals surface area contributed by atoms with Crippen molar-refractivity contribution in [2.75, 3.05) is 31.1 Å². The Morgan fingerprint density at radius 2 is 1.86 bits per heavy atom. The van der Waals surface area contributed by atoms with Crippen molar-refractivity contribution in [3.8, 4) is 0 Å². The number of nitrogens with zero attached hydrogens (tertiary/aromatic N) is 4. The van der Waals surface area contributed by atoms with E-state index in [1.807, 2.05) is 16.2 Å². The predicted octanol–water partition coefficient (Wildman–Crippen LogP) is 4.53. The molecule has 1 aliphatic heterocycles. The fraction of sp³-hybridized carbons (Fsp3) is 0.682. The lowest BCUT2D eigenvalue weighted by atomic mass is 9.96. The Labute approximate surface area is 172 Å². The van der Waals surface area contributed by atoms with Gasteiger partial charge in [0.2, 0.25) is 5.91 Å². The molecule has 0 aromatic carbocycles. The van der Waals surface area contributed by atoms with Gasteiger partial charge in [-0.15, -0.1) is 11.3 Å². The Balaban J connectivity index is 1.69. The van der Waals surface area contributed by atoms with Crippen LogP contribution in [0.1, 0.15) is 75.1 Å². The Morgan fingerprint density at radius 1 is 1.11 bits per heavy atom. The molecule has 2 aromatic heterocycles. The summed E-state index contributed by atoms with van der Waals surface area (Å²) in [4.78, 5) is 29.5. The van der Waals surface area contributed by atoms with Crippen LogP contribution in [0.2, 0.25) is 0 Å². The summed E-state index contributed by atoms with van der Waals surface area (Å²) in [6.45, 7) is 9.83. The molecule has 0 N–H and O–H groups in total. The second kappa shape index (κ2) is 8.36. The van der Waals surface area contributed by atoms with E-state index in [2.05, 4.69) is 25.7 Å². The lowest BCUT2D eigenvalue weighted by Crippen LogP contribution is -2.49. The summed E-state index contributed by atoms with van der Waals surface area (Å²) in [6, 6.07) is 0. The second-order valence-electron chi connectivity index (χ2n) is 8.22. The van der Waals surface area contributed by atoms with E-state index in [0.29, 0.717) is 18.2 Å². The third kappa shape index (κ3) is 3.63. The fourth-order valence-electron chi connectivity index (χ4n) is 4.33. The van der Waals surface area contributed by atoms with Crippen LogP contribution >= 0.6 is 11.3 Å². The quantitative estimate of drug-likeness (QED) is 0.740. The van der Waals surface area contributed by atoms with E-state index in [-0.39, 0.29) is 0 Å². The van der Waals surface area contributed by atoms with Crippen molar-refractivity contribution in [1.82, 2.24) is 14.9 Å². The Morgan fingerprint density at radius 3 is 2.57 bits per heavy atom. The molecule has 4 rings (SSSR count). The number of rotatable bonds is 5. The zero-order valence-electron chi connectivity index (χ0n) is 17.5. The molecule has 0 bridgehead atoms. The van der Waals surface area contributed by atoms with Gasteiger partial charge in [-0.25, -0.2) is 9.97 Å². The summed E-state index contributed by atoms with van der Waals surface area (Å²) in [7, 11) is 0. The summed E-state index contributed by atoms with van der Waals surface area (Å²) in [6.07, 6.45) is 7.54. The van der Waals surface area contributed by atoms with Crippen LogP contribution in [0.5, 0.6) is 0 Å². The van der Waals surface area contributed by atoms with Crippen molar-refractivity contribution < 1.29 is 4.79 Å². The first-order chi connectivity index (χ1) is 13.6. The van der Waals surface area contributed by atoms with Gasteiger partial charge in [-0.3, -0.25) is 4.79 Å². The van der Waals surface area contributed by atoms with Gasteiger partial charge in [0.1, 0.15) is 16.5 Å². The van der Waals surface area contributed by atoms with Gasteiger partial charge in [0.25, 0.3) is 0 Å². The first-order valence-electron chi connectivity index (χ1n) is 11.0. The summed E-state index contributed by atoms with van der Waals surface area (Å²) < 4.78 is 0. The number of hydrogen-bond donors (Lipinski definition) is 0. The lowest BCUT2D eigenvalue weighted by Gasteiger charge is -2.36. The second-order valence-corrected chi connectivity index (χ2v) is 9.31. The number of fused-ring (bicyclic) bond motifs is 3. The number of amides is 1. The van der Waals surface area contributed by atoms with Gasteiger partial charge in [-0.2, -0.15) is 0 Å². The van der Waals surface area contributed by atoms with Gasteiger partial charge in [0.05, 0.1) is 5.39 Å². The molecule has 1 fully saturated rings. The first-order valence-corrected chi connectivity index (χ1v) is 11.8. The predicted molar refractivity (Wildman–Crippen MR) is 116 cm³/mol. The Kier molecular flexibility index (Phi) is 5.85. The largest absolute Gasteiger partial charge is 0.352 e. The zero-order chi connectivity index (χ0) is 19.7. The maximum atomic E-state index is 12.3. The van der Waals surface area contributed by atoms with E-state index in [9.17, 15) is 4.79 Å². The molecule has 0 saturated carbocycles. The molecule has 1 saturated heterocycles. The molecule has 5 nitrogen and oxygen atoms in total. The van der Waals surface area contributed by atoms with Crippen molar-refractivity contribution in [3.05, 3.63) is 16.3 Å². The Bertz CT molecular complexity index is 854. The standard InChI is InChI=1S/C22H32N4OS/c1-4-8-18(27)25-11-13-26(14-12-25)21-19-16-9-6-7-10-17(16)28-22(19)24-20(23-21)15(3)5-2/h15H,4-14H2,1-3H3/t15-/m1/s1. The van der Waals surface area contributed by atoms with Crippen molar-refractivity contribution in [2.24, 2.45) is 0 Å². The molecule has 1 amide bonds. The topological polar surface area (TPSA) is 49.3 Å². The van der Waals surface area contributed by atoms with Gasteiger partial charge >= 0.3 is 0 Å². The van der Waals surface area contributed by atoms with Gasteiger partial charge in [0.15, 0.2) is 0 Å². The molecule has 3 heterocycles. The van der Waals surface area contributed by atoms with Crippen LogP contribution in [0.25, 0.3) is 10.2 Å². The van der Waals surface area contributed by atoms with Crippen LogP contribution in [0.3, 0.4) is 0 Å². The number of aromatic nitrogens is 2. The molecule has 1 aliphatic carbocycles. The third-order valence-electron chi connectivity index (χ3n) is 6.26. The Hall–Kier alpha value is -1.69. The van der Waals surface area contributed by atoms with Crippen LogP contribution in [-0.4, -0.2) is 47.0 Å². The molecular formula is C22H32N4OS. The monoisotopic (exact) mass is 400 g/mol.